The molecule has 0 radical (unpaired) electrons. The molecule has 1 saturated heterocycles. The molecule has 0 spiro atoms. The number of esters is 1. The van der Waals surface area contributed by atoms with E-state index in [9.17, 15) is 14.4 Å². The molecule has 0 atom stereocenters. The van der Waals surface area contributed by atoms with Crippen molar-refractivity contribution in [3.63, 3.8) is 0 Å². The lowest BCUT2D eigenvalue weighted by molar-refractivity contribution is -0.147. The SMILES string of the molecule is CC(C)COC(=O)CN1C(=O)S/C(=C\c2ccccn2)C1=O. The Morgan fingerprint density at radius 1 is 1.41 bits per heavy atom. The zero-order valence-electron chi connectivity index (χ0n) is 12.3. The molecule has 2 amide bonds. The summed E-state index contributed by atoms with van der Waals surface area (Å²) in [5, 5.41) is -0.478. The molecule has 1 aliphatic heterocycles. The lowest BCUT2D eigenvalue weighted by atomic mass is 10.2. The zero-order valence-corrected chi connectivity index (χ0v) is 13.1. The minimum Gasteiger partial charge on any atom is -0.464 e. The van der Waals surface area contributed by atoms with Crippen LogP contribution in [0.4, 0.5) is 4.79 Å². The Morgan fingerprint density at radius 2 is 2.18 bits per heavy atom. The van der Waals surface area contributed by atoms with Gasteiger partial charge in [0.05, 0.1) is 17.2 Å². The van der Waals surface area contributed by atoms with E-state index in [1.165, 1.54) is 6.08 Å². The van der Waals surface area contributed by atoms with Gasteiger partial charge in [0.1, 0.15) is 6.54 Å². The van der Waals surface area contributed by atoms with Crippen LogP contribution in [0.3, 0.4) is 0 Å². The summed E-state index contributed by atoms with van der Waals surface area (Å²) in [6.45, 7) is 3.71. The van der Waals surface area contributed by atoms with Gasteiger partial charge >= 0.3 is 5.97 Å². The van der Waals surface area contributed by atoms with E-state index in [-0.39, 0.29) is 24.0 Å². The molecule has 0 aliphatic carbocycles. The van der Waals surface area contributed by atoms with E-state index in [0.29, 0.717) is 5.69 Å². The smallest absolute Gasteiger partial charge is 0.326 e. The second-order valence-electron chi connectivity index (χ2n) is 5.10. The van der Waals surface area contributed by atoms with Gasteiger partial charge in [-0.25, -0.2) is 0 Å². The normalized spacial score (nSPS) is 16.7. The van der Waals surface area contributed by atoms with Gasteiger partial charge in [-0.2, -0.15) is 0 Å². The molecule has 116 valence electrons. The lowest BCUT2D eigenvalue weighted by Crippen LogP contribution is -2.34. The maximum Gasteiger partial charge on any atom is 0.326 e. The van der Waals surface area contributed by atoms with Gasteiger partial charge in [-0.1, -0.05) is 19.9 Å². The highest BCUT2D eigenvalue weighted by Crippen LogP contribution is 2.31. The summed E-state index contributed by atoms with van der Waals surface area (Å²) in [5.41, 5.74) is 0.579. The third-order valence-electron chi connectivity index (χ3n) is 2.71. The first-order valence-electron chi connectivity index (χ1n) is 6.79. The van der Waals surface area contributed by atoms with E-state index in [1.807, 2.05) is 13.8 Å². The number of amides is 2. The number of ether oxygens (including phenoxy) is 1. The molecule has 0 unspecified atom stereocenters. The van der Waals surface area contributed by atoms with Crippen molar-refractivity contribution in [3.05, 3.63) is 35.0 Å². The van der Waals surface area contributed by atoms with Crippen LogP contribution in [0.1, 0.15) is 19.5 Å². The number of aromatic nitrogens is 1. The van der Waals surface area contributed by atoms with Crippen LogP contribution in [0.15, 0.2) is 29.3 Å². The molecule has 22 heavy (non-hydrogen) atoms. The van der Waals surface area contributed by atoms with Crippen molar-refractivity contribution < 1.29 is 19.1 Å². The van der Waals surface area contributed by atoms with Crippen molar-refractivity contribution in [3.8, 4) is 0 Å². The minimum absolute atomic E-state index is 0.197. The van der Waals surface area contributed by atoms with Gasteiger partial charge in [-0.05, 0) is 35.9 Å². The maximum atomic E-state index is 12.2. The predicted octanol–water partition coefficient (Wildman–Crippen LogP) is 2.32. The van der Waals surface area contributed by atoms with Crippen LogP contribution >= 0.6 is 11.8 Å². The molecule has 1 fully saturated rings. The number of hydrogen-bond donors (Lipinski definition) is 0. The van der Waals surface area contributed by atoms with Crippen LogP contribution in [0.25, 0.3) is 6.08 Å². The van der Waals surface area contributed by atoms with Gasteiger partial charge in [0.25, 0.3) is 11.1 Å². The fourth-order valence-electron chi connectivity index (χ4n) is 1.67. The topological polar surface area (TPSA) is 76.6 Å². The van der Waals surface area contributed by atoms with Gasteiger partial charge in [0, 0.05) is 6.20 Å². The number of nitrogens with zero attached hydrogens (tertiary/aromatic N) is 2. The van der Waals surface area contributed by atoms with E-state index in [2.05, 4.69) is 4.98 Å². The summed E-state index contributed by atoms with van der Waals surface area (Å²) in [6, 6.07) is 5.27. The first kappa shape index (κ1) is 16.2. The fourth-order valence-corrected chi connectivity index (χ4v) is 2.49. The highest BCUT2D eigenvalue weighted by atomic mass is 32.2. The highest BCUT2D eigenvalue weighted by Gasteiger charge is 2.36. The number of carbonyl (C=O) groups is 3. The average molecular weight is 320 g/mol. The Labute approximate surface area is 132 Å². The molecular formula is C15H16N2O4S. The number of carbonyl (C=O) groups excluding carboxylic acids is 3. The van der Waals surface area contributed by atoms with Crippen molar-refractivity contribution in [2.24, 2.45) is 5.92 Å². The van der Waals surface area contributed by atoms with Crippen LogP contribution in [-0.4, -0.2) is 40.2 Å². The van der Waals surface area contributed by atoms with Gasteiger partial charge < -0.3 is 4.74 Å². The molecule has 0 aromatic carbocycles. The molecule has 7 heteroatoms. The Hall–Kier alpha value is -2.15. The molecule has 1 aromatic heterocycles. The Morgan fingerprint density at radius 3 is 2.82 bits per heavy atom. The lowest BCUT2D eigenvalue weighted by Gasteiger charge is -2.12. The number of hydrogen-bond acceptors (Lipinski definition) is 6. The standard InChI is InChI=1S/C15H16N2O4S/c1-10(2)9-21-13(18)8-17-14(19)12(22-15(17)20)7-11-5-3-4-6-16-11/h3-7,10H,8-9H2,1-2H3/b12-7-. The number of imide groups is 1. The predicted molar refractivity (Wildman–Crippen MR) is 82.7 cm³/mol. The van der Waals surface area contributed by atoms with Crippen molar-refractivity contribution in [2.45, 2.75) is 13.8 Å². The van der Waals surface area contributed by atoms with Crippen LogP contribution in [-0.2, 0) is 14.3 Å². The summed E-state index contributed by atoms with van der Waals surface area (Å²) in [6.07, 6.45) is 3.13. The monoisotopic (exact) mass is 320 g/mol. The van der Waals surface area contributed by atoms with E-state index in [1.54, 1.807) is 24.4 Å². The minimum atomic E-state index is -0.588. The summed E-state index contributed by atoms with van der Waals surface area (Å²) in [4.78, 5) is 40.9. The van der Waals surface area contributed by atoms with E-state index >= 15 is 0 Å². The second kappa shape index (κ2) is 7.22. The quantitative estimate of drug-likeness (QED) is 0.612. The molecule has 0 bridgehead atoms. The van der Waals surface area contributed by atoms with Crippen LogP contribution in [0.5, 0.6) is 0 Å². The van der Waals surface area contributed by atoms with Gasteiger partial charge in [-0.15, -0.1) is 0 Å². The van der Waals surface area contributed by atoms with E-state index in [0.717, 1.165) is 16.7 Å². The fraction of sp³-hybridized carbons (Fsp3) is 0.333. The van der Waals surface area contributed by atoms with Crippen molar-refractivity contribution in [2.75, 3.05) is 13.2 Å². The summed E-state index contributed by atoms with van der Waals surface area (Å²) in [5.74, 6) is -0.889. The molecule has 1 aromatic rings. The molecule has 1 aliphatic rings. The number of rotatable bonds is 5. The van der Waals surface area contributed by atoms with Gasteiger partial charge in [0.2, 0.25) is 0 Å². The Kier molecular flexibility index (Phi) is 5.32. The Balaban J connectivity index is 2.03. The van der Waals surface area contributed by atoms with Crippen LogP contribution in [0.2, 0.25) is 0 Å². The Bertz CT molecular complexity index is 613. The number of pyridine rings is 1. The molecule has 6 nitrogen and oxygen atoms in total. The first-order valence-corrected chi connectivity index (χ1v) is 7.61. The van der Waals surface area contributed by atoms with E-state index in [4.69, 9.17) is 4.74 Å². The highest BCUT2D eigenvalue weighted by molar-refractivity contribution is 8.18. The second-order valence-corrected chi connectivity index (χ2v) is 6.09. The van der Waals surface area contributed by atoms with Crippen molar-refractivity contribution in [1.82, 2.24) is 9.88 Å². The maximum absolute atomic E-state index is 12.2. The summed E-state index contributed by atoms with van der Waals surface area (Å²) >= 11 is 0.794. The third kappa shape index (κ3) is 4.17. The van der Waals surface area contributed by atoms with Crippen molar-refractivity contribution >= 4 is 35.0 Å². The van der Waals surface area contributed by atoms with Gasteiger partial charge in [0.15, 0.2) is 0 Å². The molecular weight excluding hydrogens is 304 g/mol. The molecule has 0 N–H and O–H groups in total. The molecule has 2 heterocycles. The number of thioether (sulfide) groups is 1. The van der Waals surface area contributed by atoms with Crippen molar-refractivity contribution in [1.29, 1.82) is 0 Å². The van der Waals surface area contributed by atoms with Gasteiger partial charge in [-0.3, -0.25) is 24.3 Å². The zero-order chi connectivity index (χ0) is 16.1. The largest absolute Gasteiger partial charge is 0.464 e. The van der Waals surface area contributed by atoms with Crippen LogP contribution < -0.4 is 0 Å². The summed E-state index contributed by atoms with van der Waals surface area (Å²) < 4.78 is 4.99. The molecule has 0 saturated carbocycles. The average Bonchev–Trinajstić information content (AvgIpc) is 2.74. The first-order chi connectivity index (χ1) is 10.5. The molecule has 2 rings (SSSR count). The van der Waals surface area contributed by atoms with E-state index < -0.39 is 17.1 Å². The summed E-state index contributed by atoms with van der Waals surface area (Å²) in [7, 11) is 0. The van der Waals surface area contributed by atoms with Crippen LogP contribution in [0, 0.1) is 5.92 Å². The third-order valence-corrected chi connectivity index (χ3v) is 3.61.